The van der Waals surface area contributed by atoms with E-state index in [2.05, 4.69) is 10.4 Å². The lowest BCUT2D eigenvalue weighted by atomic mass is 10.2. The van der Waals surface area contributed by atoms with Crippen LogP contribution in [0.3, 0.4) is 0 Å². The van der Waals surface area contributed by atoms with Gasteiger partial charge >= 0.3 is 12.1 Å². The lowest BCUT2D eigenvalue weighted by Gasteiger charge is -2.13. The molecular weight excluding hydrogens is 453 g/mol. The molecule has 1 N–H and O–H groups in total. The van der Waals surface area contributed by atoms with Gasteiger partial charge in [-0.25, -0.2) is 18.3 Å². The maximum atomic E-state index is 13.6. The SMILES string of the molecule is Cc1cc(=O)c(C(=O)OCC(=O)Nc2ccc(F)cc2F)nn1-c1cccc(C(F)(F)F)c1. The molecule has 3 rings (SSSR count). The monoisotopic (exact) mass is 467 g/mol. The highest BCUT2D eigenvalue weighted by Gasteiger charge is 2.30. The van der Waals surface area contributed by atoms with Gasteiger partial charge in [-0.3, -0.25) is 9.59 Å². The van der Waals surface area contributed by atoms with Crippen LogP contribution in [0.25, 0.3) is 5.69 Å². The molecule has 0 aliphatic rings. The summed E-state index contributed by atoms with van der Waals surface area (Å²) in [6.07, 6.45) is -4.62. The molecule has 172 valence electrons. The summed E-state index contributed by atoms with van der Waals surface area (Å²) in [7, 11) is 0. The van der Waals surface area contributed by atoms with E-state index in [0.717, 1.165) is 41.1 Å². The predicted octanol–water partition coefficient (Wildman–Crippen LogP) is 3.63. The number of alkyl halides is 3. The van der Waals surface area contributed by atoms with Gasteiger partial charge in [0.1, 0.15) is 11.6 Å². The summed E-state index contributed by atoms with van der Waals surface area (Å²) in [5.74, 6) is -4.23. The van der Waals surface area contributed by atoms with Crippen molar-refractivity contribution in [2.24, 2.45) is 0 Å². The molecule has 0 radical (unpaired) electrons. The molecule has 0 saturated carbocycles. The zero-order chi connectivity index (χ0) is 24.3. The minimum Gasteiger partial charge on any atom is -0.451 e. The summed E-state index contributed by atoms with van der Waals surface area (Å²) in [5.41, 5.74) is -2.92. The van der Waals surface area contributed by atoms with Crippen molar-refractivity contribution in [1.29, 1.82) is 0 Å². The van der Waals surface area contributed by atoms with Crippen LogP contribution >= 0.6 is 0 Å². The van der Waals surface area contributed by atoms with Gasteiger partial charge in [0.25, 0.3) is 5.91 Å². The average molecular weight is 467 g/mol. The topological polar surface area (TPSA) is 90.3 Å². The van der Waals surface area contributed by atoms with Crippen molar-refractivity contribution in [3.8, 4) is 5.69 Å². The molecule has 3 aromatic rings. The normalized spacial score (nSPS) is 11.2. The minimum absolute atomic E-state index is 0.0686. The van der Waals surface area contributed by atoms with Gasteiger partial charge in [0, 0.05) is 17.8 Å². The maximum absolute atomic E-state index is 13.6. The fraction of sp³-hybridized carbons (Fsp3) is 0.143. The van der Waals surface area contributed by atoms with Crippen LogP contribution in [-0.2, 0) is 15.7 Å². The van der Waals surface area contributed by atoms with E-state index in [1.807, 2.05) is 0 Å². The number of hydrogen-bond acceptors (Lipinski definition) is 5. The molecule has 2 aromatic carbocycles. The average Bonchev–Trinajstić information content (AvgIpc) is 2.73. The summed E-state index contributed by atoms with van der Waals surface area (Å²) < 4.78 is 71.2. The Hall–Kier alpha value is -4.09. The molecule has 0 aliphatic carbocycles. The number of carbonyl (C=O) groups excluding carboxylic acids is 2. The first-order chi connectivity index (χ1) is 15.5. The molecule has 0 unspecified atom stereocenters. The van der Waals surface area contributed by atoms with E-state index >= 15 is 0 Å². The van der Waals surface area contributed by atoms with Crippen molar-refractivity contribution in [3.05, 3.63) is 87.3 Å². The third-order valence-electron chi connectivity index (χ3n) is 4.26. The fourth-order valence-corrected chi connectivity index (χ4v) is 2.74. The number of anilines is 1. The number of esters is 1. The van der Waals surface area contributed by atoms with Crippen molar-refractivity contribution in [2.45, 2.75) is 13.1 Å². The van der Waals surface area contributed by atoms with Crippen LogP contribution in [0.1, 0.15) is 21.7 Å². The number of hydrogen-bond donors (Lipinski definition) is 1. The summed E-state index contributed by atoms with van der Waals surface area (Å²) in [6.45, 7) is 0.461. The highest BCUT2D eigenvalue weighted by Crippen LogP contribution is 2.30. The second-order valence-electron chi connectivity index (χ2n) is 6.71. The number of amides is 1. The number of benzene rings is 2. The summed E-state index contributed by atoms with van der Waals surface area (Å²) >= 11 is 0. The molecule has 1 aromatic heterocycles. The Morgan fingerprint density at radius 2 is 1.82 bits per heavy atom. The predicted molar refractivity (Wildman–Crippen MR) is 105 cm³/mol. The van der Waals surface area contributed by atoms with E-state index in [1.165, 1.54) is 13.0 Å². The second-order valence-corrected chi connectivity index (χ2v) is 6.71. The summed E-state index contributed by atoms with van der Waals surface area (Å²) in [5, 5.41) is 5.84. The summed E-state index contributed by atoms with van der Waals surface area (Å²) in [6, 6.07) is 7.42. The highest BCUT2D eigenvalue weighted by atomic mass is 19.4. The van der Waals surface area contributed by atoms with E-state index in [9.17, 15) is 36.3 Å². The number of aromatic nitrogens is 2. The van der Waals surface area contributed by atoms with Crippen LogP contribution in [0.15, 0.2) is 53.3 Å². The first kappa shape index (κ1) is 23.6. The van der Waals surface area contributed by atoms with E-state index in [-0.39, 0.29) is 17.1 Å². The molecule has 1 amide bonds. The molecule has 33 heavy (non-hydrogen) atoms. The number of rotatable bonds is 5. The maximum Gasteiger partial charge on any atom is 0.416 e. The van der Waals surface area contributed by atoms with Crippen molar-refractivity contribution >= 4 is 17.6 Å². The molecule has 7 nitrogen and oxygen atoms in total. The molecule has 0 aliphatic heterocycles. The second kappa shape index (κ2) is 9.18. The Kier molecular flexibility index (Phi) is 6.56. The number of ether oxygens (including phenoxy) is 1. The lowest BCUT2D eigenvalue weighted by molar-refractivity contribution is -0.137. The minimum atomic E-state index is -4.62. The summed E-state index contributed by atoms with van der Waals surface area (Å²) in [4.78, 5) is 36.3. The van der Waals surface area contributed by atoms with Crippen LogP contribution in [0.4, 0.5) is 27.6 Å². The Morgan fingerprint density at radius 1 is 1.09 bits per heavy atom. The zero-order valence-corrected chi connectivity index (χ0v) is 16.7. The molecule has 0 fully saturated rings. The van der Waals surface area contributed by atoms with Gasteiger partial charge in [-0.05, 0) is 37.3 Å². The molecule has 1 heterocycles. The van der Waals surface area contributed by atoms with E-state index < -0.39 is 53.0 Å². The Balaban J connectivity index is 1.78. The molecule has 12 heteroatoms. The quantitative estimate of drug-likeness (QED) is 0.457. The Morgan fingerprint density at radius 3 is 2.48 bits per heavy atom. The Labute approximate surface area is 182 Å². The van der Waals surface area contributed by atoms with Gasteiger partial charge in [-0.15, -0.1) is 0 Å². The highest BCUT2D eigenvalue weighted by molar-refractivity contribution is 5.94. The number of carbonyl (C=O) groups is 2. The van der Waals surface area contributed by atoms with Gasteiger partial charge < -0.3 is 10.1 Å². The third kappa shape index (κ3) is 5.59. The molecular formula is C21H14F5N3O4. The third-order valence-corrected chi connectivity index (χ3v) is 4.26. The van der Waals surface area contributed by atoms with Crippen LogP contribution in [-0.4, -0.2) is 28.3 Å². The van der Waals surface area contributed by atoms with Crippen LogP contribution in [0.2, 0.25) is 0 Å². The fourth-order valence-electron chi connectivity index (χ4n) is 2.74. The largest absolute Gasteiger partial charge is 0.451 e. The van der Waals surface area contributed by atoms with Gasteiger partial charge in [-0.1, -0.05) is 6.07 Å². The van der Waals surface area contributed by atoms with Crippen LogP contribution in [0, 0.1) is 18.6 Å². The van der Waals surface area contributed by atoms with Crippen molar-refractivity contribution < 1.29 is 36.3 Å². The number of nitrogens with zero attached hydrogens (tertiary/aromatic N) is 2. The van der Waals surface area contributed by atoms with E-state index in [4.69, 9.17) is 4.74 Å². The van der Waals surface area contributed by atoms with Crippen LogP contribution in [0.5, 0.6) is 0 Å². The molecule has 0 atom stereocenters. The van der Waals surface area contributed by atoms with Gasteiger partial charge in [-0.2, -0.15) is 18.3 Å². The van der Waals surface area contributed by atoms with E-state index in [1.54, 1.807) is 0 Å². The number of nitrogens with one attached hydrogen (secondary N) is 1. The molecule has 0 bridgehead atoms. The first-order valence-corrected chi connectivity index (χ1v) is 9.16. The van der Waals surface area contributed by atoms with Gasteiger partial charge in [0.2, 0.25) is 11.1 Å². The van der Waals surface area contributed by atoms with Gasteiger partial charge in [0.05, 0.1) is 16.9 Å². The van der Waals surface area contributed by atoms with Crippen molar-refractivity contribution in [2.75, 3.05) is 11.9 Å². The van der Waals surface area contributed by atoms with Crippen molar-refractivity contribution in [1.82, 2.24) is 9.78 Å². The standard InChI is InChI=1S/C21H14F5N3O4/c1-11-7-17(30)19(28-29(11)14-4-2-3-12(8-14)21(24,25)26)20(32)33-10-18(31)27-16-6-5-13(22)9-15(16)23/h2-9H,10H2,1H3,(H,27,31). The number of halogens is 5. The van der Waals surface area contributed by atoms with Crippen LogP contribution < -0.4 is 10.7 Å². The van der Waals surface area contributed by atoms with Crippen molar-refractivity contribution in [3.63, 3.8) is 0 Å². The number of aryl methyl sites for hydroxylation is 1. The molecule has 0 saturated heterocycles. The smallest absolute Gasteiger partial charge is 0.416 e. The molecule has 0 spiro atoms. The van der Waals surface area contributed by atoms with E-state index in [0.29, 0.717) is 6.07 Å². The zero-order valence-electron chi connectivity index (χ0n) is 16.7. The van der Waals surface area contributed by atoms with Gasteiger partial charge in [0.15, 0.2) is 6.61 Å². The first-order valence-electron chi connectivity index (χ1n) is 9.16. The lowest BCUT2D eigenvalue weighted by Crippen LogP contribution is -2.27. The Bertz CT molecular complexity index is 1290.